The Bertz CT molecular complexity index is 747. The zero-order chi connectivity index (χ0) is 18.4. The highest BCUT2D eigenvalue weighted by Gasteiger charge is 2.15. The summed E-state index contributed by atoms with van der Waals surface area (Å²) in [6, 6.07) is 10.9. The fourth-order valence-electron chi connectivity index (χ4n) is 2.43. The lowest BCUT2D eigenvalue weighted by Gasteiger charge is -2.14. The first-order valence-corrected chi connectivity index (χ1v) is 8.44. The maximum atomic E-state index is 12.3. The third-order valence-corrected chi connectivity index (χ3v) is 4.08. The predicted molar refractivity (Wildman–Crippen MR) is 101 cm³/mol. The quantitative estimate of drug-likeness (QED) is 0.579. The Hall–Kier alpha value is -2.40. The molecule has 0 aliphatic carbocycles. The van der Waals surface area contributed by atoms with Crippen LogP contribution in [0.25, 0.3) is 0 Å². The van der Waals surface area contributed by atoms with Crippen LogP contribution in [0.2, 0.25) is 5.02 Å². The van der Waals surface area contributed by atoms with Gasteiger partial charge in [-0.05, 0) is 23.6 Å². The third-order valence-electron chi connectivity index (χ3n) is 3.75. The van der Waals surface area contributed by atoms with Crippen LogP contribution in [0.5, 0.6) is 11.5 Å². The molecule has 0 aromatic heterocycles. The molecule has 0 spiro atoms. The molecule has 6 heteroatoms. The second-order valence-electron chi connectivity index (χ2n) is 5.87. The second-order valence-corrected chi connectivity index (χ2v) is 6.28. The topological polar surface area (TPSA) is 73.6 Å². The Labute approximate surface area is 153 Å². The van der Waals surface area contributed by atoms with Gasteiger partial charge in [0, 0.05) is 6.07 Å². The molecule has 1 amide bonds. The summed E-state index contributed by atoms with van der Waals surface area (Å²) >= 11 is 5.99. The first-order valence-electron chi connectivity index (χ1n) is 8.07. The minimum absolute atomic E-state index is 0.292. The molecule has 5 nitrogen and oxygen atoms in total. The SMILES string of the molecule is COc1cc(N)c(Cl)cc1C(=O)NCCOc1ccccc1C(C)C. The van der Waals surface area contributed by atoms with E-state index in [1.807, 2.05) is 24.3 Å². The molecule has 0 heterocycles. The molecule has 3 N–H and O–H groups in total. The number of ether oxygens (including phenoxy) is 2. The van der Waals surface area contributed by atoms with E-state index in [2.05, 4.69) is 19.2 Å². The van der Waals surface area contributed by atoms with Gasteiger partial charge in [-0.3, -0.25) is 4.79 Å². The molecule has 134 valence electrons. The van der Waals surface area contributed by atoms with E-state index in [9.17, 15) is 4.79 Å². The lowest BCUT2D eigenvalue weighted by Crippen LogP contribution is -2.28. The standard InChI is InChI=1S/C19H23ClN2O3/c1-12(2)13-6-4-5-7-17(13)25-9-8-22-19(23)14-10-15(20)16(21)11-18(14)24-3/h4-7,10-12H,8-9,21H2,1-3H3,(H,22,23). The van der Waals surface area contributed by atoms with Crippen LogP contribution in [-0.2, 0) is 0 Å². The van der Waals surface area contributed by atoms with E-state index in [1.165, 1.54) is 19.2 Å². The van der Waals surface area contributed by atoms with Crippen molar-refractivity contribution in [3.8, 4) is 11.5 Å². The summed E-state index contributed by atoms with van der Waals surface area (Å²) in [6.45, 7) is 4.94. The van der Waals surface area contributed by atoms with Crippen molar-refractivity contribution >= 4 is 23.2 Å². The fraction of sp³-hybridized carbons (Fsp3) is 0.316. The summed E-state index contributed by atoms with van der Waals surface area (Å²) in [5.41, 5.74) is 7.57. The smallest absolute Gasteiger partial charge is 0.255 e. The fourth-order valence-corrected chi connectivity index (χ4v) is 2.59. The summed E-state index contributed by atoms with van der Waals surface area (Å²) in [7, 11) is 1.48. The Balaban J connectivity index is 1.95. The van der Waals surface area contributed by atoms with Crippen LogP contribution < -0.4 is 20.5 Å². The summed E-state index contributed by atoms with van der Waals surface area (Å²) < 4.78 is 11.0. The Morgan fingerprint density at radius 2 is 1.96 bits per heavy atom. The van der Waals surface area contributed by atoms with Crippen LogP contribution in [0.4, 0.5) is 5.69 Å². The molecule has 0 saturated carbocycles. The van der Waals surface area contributed by atoms with E-state index in [-0.39, 0.29) is 5.91 Å². The van der Waals surface area contributed by atoms with E-state index in [0.717, 1.165) is 11.3 Å². The molecule has 2 rings (SSSR count). The van der Waals surface area contributed by atoms with Crippen LogP contribution in [0.15, 0.2) is 36.4 Å². The molecule has 0 bridgehead atoms. The number of methoxy groups -OCH3 is 1. The van der Waals surface area contributed by atoms with Gasteiger partial charge in [-0.2, -0.15) is 0 Å². The second kappa shape index (κ2) is 8.62. The molecule has 0 aliphatic heterocycles. The van der Waals surface area contributed by atoms with Gasteiger partial charge in [0.25, 0.3) is 5.91 Å². The molecule has 0 saturated heterocycles. The minimum atomic E-state index is -0.292. The highest BCUT2D eigenvalue weighted by molar-refractivity contribution is 6.33. The van der Waals surface area contributed by atoms with E-state index < -0.39 is 0 Å². The van der Waals surface area contributed by atoms with Crippen molar-refractivity contribution in [2.24, 2.45) is 0 Å². The molecule has 25 heavy (non-hydrogen) atoms. The monoisotopic (exact) mass is 362 g/mol. The van der Waals surface area contributed by atoms with Crippen molar-refractivity contribution in [3.05, 3.63) is 52.5 Å². The molecule has 2 aromatic rings. The van der Waals surface area contributed by atoms with Crippen molar-refractivity contribution in [2.75, 3.05) is 26.0 Å². The molecule has 0 aliphatic rings. The van der Waals surface area contributed by atoms with Gasteiger partial charge in [-0.1, -0.05) is 43.6 Å². The summed E-state index contributed by atoms with van der Waals surface area (Å²) in [5.74, 6) is 1.29. The molecule has 0 radical (unpaired) electrons. The number of nitrogens with one attached hydrogen (secondary N) is 1. The van der Waals surface area contributed by atoms with Gasteiger partial charge >= 0.3 is 0 Å². The number of halogens is 1. The first kappa shape index (κ1) is 18.9. The van der Waals surface area contributed by atoms with Gasteiger partial charge in [0.1, 0.15) is 18.1 Å². The summed E-state index contributed by atoms with van der Waals surface area (Å²) in [5, 5.41) is 3.11. The lowest BCUT2D eigenvalue weighted by atomic mass is 10.0. The van der Waals surface area contributed by atoms with Crippen molar-refractivity contribution < 1.29 is 14.3 Å². The van der Waals surface area contributed by atoms with E-state index in [0.29, 0.717) is 41.1 Å². The lowest BCUT2D eigenvalue weighted by molar-refractivity contribution is 0.0944. The van der Waals surface area contributed by atoms with Crippen molar-refractivity contribution in [1.82, 2.24) is 5.32 Å². The normalized spacial score (nSPS) is 10.6. The van der Waals surface area contributed by atoms with Gasteiger partial charge in [0.15, 0.2) is 0 Å². The van der Waals surface area contributed by atoms with E-state index in [1.54, 1.807) is 0 Å². The molecule has 2 aromatic carbocycles. The van der Waals surface area contributed by atoms with Crippen LogP contribution in [0, 0.1) is 0 Å². The third kappa shape index (κ3) is 4.79. The zero-order valence-corrected chi connectivity index (χ0v) is 15.4. The number of para-hydroxylation sites is 1. The molecule has 0 atom stereocenters. The van der Waals surface area contributed by atoms with E-state index in [4.69, 9.17) is 26.8 Å². The van der Waals surface area contributed by atoms with Gasteiger partial charge in [0.05, 0.1) is 29.9 Å². The number of carbonyl (C=O) groups excluding carboxylic acids is 1. The maximum Gasteiger partial charge on any atom is 0.255 e. The number of benzene rings is 2. The molecule has 0 unspecified atom stereocenters. The van der Waals surface area contributed by atoms with Gasteiger partial charge < -0.3 is 20.5 Å². The average Bonchev–Trinajstić information content (AvgIpc) is 2.60. The van der Waals surface area contributed by atoms with Gasteiger partial charge in [0.2, 0.25) is 0 Å². The van der Waals surface area contributed by atoms with Crippen molar-refractivity contribution in [1.29, 1.82) is 0 Å². The van der Waals surface area contributed by atoms with Crippen molar-refractivity contribution in [2.45, 2.75) is 19.8 Å². The summed E-state index contributed by atoms with van der Waals surface area (Å²) in [4.78, 5) is 12.3. The van der Waals surface area contributed by atoms with Gasteiger partial charge in [-0.25, -0.2) is 0 Å². The highest BCUT2D eigenvalue weighted by atomic mass is 35.5. The number of carbonyl (C=O) groups is 1. The molecule has 0 fully saturated rings. The number of nitrogens with two attached hydrogens (primary N) is 1. The Morgan fingerprint density at radius 1 is 1.24 bits per heavy atom. The minimum Gasteiger partial charge on any atom is -0.496 e. The van der Waals surface area contributed by atoms with Gasteiger partial charge in [-0.15, -0.1) is 0 Å². The van der Waals surface area contributed by atoms with Crippen LogP contribution in [0.1, 0.15) is 35.7 Å². The largest absolute Gasteiger partial charge is 0.496 e. The van der Waals surface area contributed by atoms with Crippen LogP contribution in [-0.4, -0.2) is 26.2 Å². The Morgan fingerprint density at radius 3 is 2.64 bits per heavy atom. The highest BCUT2D eigenvalue weighted by Crippen LogP contribution is 2.29. The predicted octanol–water partition coefficient (Wildman–Crippen LogP) is 3.86. The zero-order valence-electron chi connectivity index (χ0n) is 14.6. The van der Waals surface area contributed by atoms with Crippen molar-refractivity contribution in [3.63, 3.8) is 0 Å². The number of rotatable bonds is 7. The summed E-state index contributed by atoms with van der Waals surface area (Å²) in [6.07, 6.45) is 0. The van der Waals surface area contributed by atoms with Crippen LogP contribution >= 0.6 is 11.6 Å². The Kier molecular flexibility index (Phi) is 6.53. The average molecular weight is 363 g/mol. The number of nitrogen functional groups attached to an aromatic ring is 1. The molecular weight excluding hydrogens is 340 g/mol. The number of hydrogen-bond acceptors (Lipinski definition) is 4. The maximum absolute atomic E-state index is 12.3. The van der Waals surface area contributed by atoms with Crippen LogP contribution in [0.3, 0.4) is 0 Å². The van der Waals surface area contributed by atoms with E-state index >= 15 is 0 Å². The number of hydrogen-bond donors (Lipinski definition) is 2. The molecular formula is C19H23ClN2O3. The first-order chi connectivity index (χ1) is 11.9. The number of anilines is 1. The number of amides is 1.